The summed E-state index contributed by atoms with van der Waals surface area (Å²) in [7, 11) is 0. The number of hydrogen-bond donors (Lipinski definition) is 2. The summed E-state index contributed by atoms with van der Waals surface area (Å²) in [4.78, 5) is 14.2. The van der Waals surface area contributed by atoms with E-state index in [1.807, 2.05) is 0 Å². The van der Waals surface area contributed by atoms with E-state index in [9.17, 15) is 4.79 Å². The molecule has 2 aliphatic rings. The van der Waals surface area contributed by atoms with E-state index < -0.39 is 0 Å². The summed E-state index contributed by atoms with van der Waals surface area (Å²) < 4.78 is 0. The second kappa shape index (κ2) is 6.53. The largest absolute Gasteiger partial charge is 0.355 e. The van der Waals surface area contributed by atoms with Gasteiger partial charge >= 0.3 is 0 Å². The molecule has 0 aromatic carbocycles. The Kier molecular flexibility index (Phi) is 5.01. The van der Waals surface area contributed by atoms with Crippen molar-refractivity contribution >= 4 is 5.91 Å². The van der Waals surface area contributed by atoms with Crippen LogP contribution in [0, 0.1) is 0 Å². The van der Waals surface area contributed by atoms with E-state index in [1.54, 1.807) is 0 Å². The van der Waals surface area contributed by atoms with Crippen molar-refractivity contribution in [3.63, 3.8) is 0 Å². The van der Waals surface area contributed by atoms with Gasteiger partial charge < -0.3 is 10.6 Å². The minimum Gasteiger partial charge on any atom is -0.355 e. The Labute approximate surface area is 110 Å². The van der Waals surface area contributed by atoms with Crippen molar-refractivity contribution in [1.82, 2.24) is 15.5 Å². The monoisotopic (exact) mass is 253 g/mol. The summed E-state index contributed by atoms with van der Waals surface area (Å²) in [5, 5.41) is 6.64. The molecule has 2 bridgehead atoms. The molecule has 2 heterocycles. The first-order valence-corrected chi connectivity index (χ1v) is 7.49. The van der Waals surface area contributed by atoms with E-state index in [4.69, 9.17) is 0 Å². The Balaban J connectivity index is 1.82. The van der Waals surface area contributed by atoms with E-state index in [-0.39, 0.29) is 5.91 Å². The van der Waals surface area contributed by atoms with Crippen LogP contribution in [0.1, 0.15) is 46.0 Å². The number of nitrogens with zero attached hydrogens (tertiary/aromatic N) is 1. The third-order valence-corrected chi connectivity index (χ3v) is 4.29. The van der Waals surface area contributed by atoms with Gasteiger partial charge in [0.05, 0.1) is 6.54 Å². The van der Waals surface area contributed by atoms with Crippen LogP contribution in [0.4, 0.5) is 0 Å². The zero-order chi connectivity index (χ0) is 13.0. The number of fused-ring (bicyclic) bond motifs is 2. The van der Waals surface area contributed by atoms with Crippen LogP contribution in [0.5, 0.6) is 0 Å². The van der Waals surface area contributed by atoms with Crippen LogP contribution in [0.2, 0.25) is 0 Å². The molecule has 104 valence electrons. The molecule has 4 nitrogen and oxygen atoms in total. The molecule has 0 aromatic rings. The molecule has 2 unspecified atom stereocenters. The second-order valence-corrected chi connectivity index (χ2v) is 5.68. The van der Waals surface area contributed by atoms with Crippen LogP contribution in [-0.4, -0.2) is 48.6 Å². The average molecular weight is 253 g/mol. The molecule has 1 amide bonds. The Morgan fingerprint density at radius 3 is 2.50 bits per heavy atom. The molecular weight excluding hydrogens is 226 g/mol. The molecule has 2 aliphatic heterocycles. The zero-order valence-corrected chi connectivity index (χ0v) is 11.7. The summed E-state index contributed by atoms with van der Waals surface area (Å²) in [6.45, 7) is 6.59. The maximum absolute atomic E-state index is 11.8. The highest BCUT2D eigenvalue weighted by Gasteiger charge is 2.35. The van der Waals surface area contributed by atoms with E-state index in [0.29, 0.717) is 24.7 Å². The summed E-state index contributed by atoms with van der Waals surface area (Å²) in [6.07, 6.45) is 6.08. The van der Waals surface area contributed by atoms with Gasteiger partial charge in [0, 0.05) is 24.7 Å². The highest BCUT2D eigenvalue weighted by atomic mass is 16.2. The maximum atomic E-state index is 11.8. The molecule has 2 atom stereocenters. The molecule has 0 spiro atoms. The van der Waals surface area contributed by atoms with Gasteiger partial charge in [-0.25, -0.2) is 0 Å². The Morgan fingerprint density at radius 2 is 1.94 bits per heavy atom. The van der Waals surface area contributed by atoms with Crippen molar-refractivity contribution in [2.24, 2.45) is 0 Å². The number of nitrogens with one attached hydrogen (secondary N) is 2. The molecule has 2 N–H and O–H groups in total. The third-order valence-electron chi connectivity index (χ3n) is 4.29. The van der Waals surface area contributed by atoms with Gasteiger partial charge in [0.2, 0.25) is 5.91 Å². The number of carbonyl (C=O) groups excluding carboxylic acids is 1. The van der Waals surface area contributed by atoms with Gasteiger partial charge in [-0.3, -0.25) is 9.69 Å². The van der Waals surface area contributed by atoms with E-state index in [0.717, 1.165) is 19.5 Å². The predicted octanol–water partition coefficient (Wildman–Crippen LogP) is 1.12. The average Bonchev–Trinajstić information content (AvgIpc) is 2.72. The number of likely N-dealkylation sites (N-methyl/N-ethyl adjacent to an activating group) is 1. The van der Waals surface area contributed by atoms with Crippen molar-refractivity contribution in [2.75, 3.05) is 19.6 Å². The first-order valence-electron chi connectivity index (χ1n) is 7.49. The molecule has 2 fully saturated rings. The van der Waals surface area contributed by atoms with Gasteiger partial charge in [0.25, 0.3) is 0 Å². The smallest absolute Gasteiger partial charge is 0.234 e. The lowest BCUT2D eigenvalue weighted by Crippen LogP contribution is -2.50. The molecule has 0 aromatic heterocycles. The summed E-state index contributed by atoms with van der Waals surface area (Å²) in [6, 6.07) is 1.99. The standard InChI is InChI=1S/C14H27N3O/c1-3-7-15-14(18)10-17(4-2)13-8-11-5-6-12(9-13)16-11/h11-13,16H,3-10H2,1-2H3,(H,15,18). The zero-order valence-electron chi connectivity index (χ0n) is 11.7. The minimum atomic E-state index is 0.185. The first kappa shape index (κ1) is 13.8. The fourth-order valence-corrected chi connectivity index (χ4v) is 3.33. The summed E-state index contributed by atoms with van der Waals surface area (Å²) >= 11 is 0. The normalized spacial score (nSPS) is 30.7. The highest BCUT2D eigenvalue weighted by Crippen LogP contribution is 2.29. The van der Waals surface area contributed by atoms with E-state index in [1.165, 1.54) is 25.7 Å². The molecule has 0 radical (unpaired) electrons. The second-order valence-electron chi connectivity index (χ2n) is 5.68. The number of amides is 1. The summed E-state index contributed by atoms with van der Waals surface area (Å²) in [5.74, 6) is 0.185. The Hall–Kier alpha value is -0.610. The van der Waals surface area contributed by atoms with Gasteiger partial charge in [-0.15, -0.1) is 0 Å². The fourth-order valence-electron chi connectivity index (χ4n) is 3.33. The van der Waals surface area contributed by atoms with Crippen LogP contribution in [0.25, 0.3) is 0 Å². The van der Waals surface area contributed by atoms with Gasteiger partial charge in [0.1, 0.15) is 0 Å². The van der Waals surface area contributed by atoms with Crippen LogP contribution < -0.4 is 10.6 Å². The number of hydrogen-bond acceptors (Lipinski definition) is 3. The van der Waals surface area contributed by atoms with E-state index in [2.05, 4.69) is 29.4 Å². The molecule has 0 aliphatic carbocycles. The third kappa shape index (κ3) is 3.45. The number of rotatable bonds is 6. The van der Waals surface area contributed by atoms with Crippen molar-refractivity contribution in [3.05, 3.63) is 0 Å². The van der Waals surface area contributed by atoms with Gasteiger partial charge in [-0.1, -0.05) is 13.8 Å². The predicted molar refractivity (Wildman–Crippen MR) is 73.5 cm³/mol. The SMILES string of the molecule is CCCNC(=O)CN(CC)C1CC2CCC(C1)N2. The van der Waals surface area contributed by atoms with E-state index >= 15 is 0 Å². The first-order chi connectivity index (χ1) is 8.72. The van der Waals surface area contributed by atoms with Crippen LogP contribution in [0.15, 0.2) is 0 Å². The number of carbonyl (C=O) groups is 1. The molecule has 2 saturated heterocycles. The van der Waals surface area contributed by atoms with Gasteiger partial charge in [-0.2, -0.15) is 0 Å². The lowest BCUT2D eigenvalue weighted by atomic mass is 9.98. The summed E-state index contributed by atoms with van der Waals surface area (Å²) in [5.41, 5.74) is 0. The van der Waals surface area contributed by atoms with Gasteiger partial charge in [-0.05, 0) is 38.6 Å². The lowest BCUT2D eigenvalue weighted by Gasteiger charge is -2.36. The molecule has 18 heavy (non-hydrogen) atoms. The van der Waals surface area contributed by atoms with Crippen molar-refractivity contribution < 1.29 is 4.79 Å². The van der Waals surface area contributed by atoms with Crippen molar-refractivity contribution in [1.29, 1.82) is 0 Å². The highest BCUT2D eigenvalue weighted by molar-refractivity contribution is 5.78. The molecule has 2 rings (SSSR count). The lowest BCUT2D eigenvalue weighted by molar-refractivity contribution is -0.123. The van der Waals surface area contributed by atoms with Gasteiger partial charge in [0.15, 0.2) is 0 Å². The quantitative estimate of drug-likeness (QED) is 0.745. The molecule has 0 saturated carbocycles. The Morgan fingerprint density at radius 1 is 1.28 bits per heavy atom. The molecule has 4 heteroatoms. The van der Waals surface area contributed by atoms with Crippen LogP contribution in [-0.2, 0) is 4.79 Å². The fraction of sp³-hybridized carbons (Fsp3) is 0.929. The topological polar surface area (TPSA) is 44.4 Å². The van der Waals surface area contributed by atoms with Crippen LogP contribution >= 0.6 is 0 Å². The maximum Gasteiger partial charge on any atom is 0.234 e. The van der Waals surface area contributed by atoms with Crippen molar-refractivity contribution in [2.45, 2.75) is 64.1 Å². The minimum absolute atomic E-state index is 0.185. The van der Waals surface area contributed by atoms with Crippen molar-refractivity contribution in [3.8, 4) is 0 Å². The number of piperidine rings is 1. The molecular formula is C14H27N3O. The Bertz CT molecular complexity index is 270. The van der Waals surface area contributed by atoms with Crippen LogP contribution in [0.3, 0.4) is 0 Å².